The van der Waals surface area contributed by atoms with Crippen molar-refractivity contribution in [1.29, 1.82) is 0 Å². The van der Waals surface area contributed by atoms with Gasteiger partial charge in [-0.25, -0.2) is 9.07 Å². The van der Waals surface area contributed by atoms with Crippen molar-refractivity contribution in [2.75, 3.05) is 6.61 Å². The summed E-state index contributed by atoms with van der Waals surface area (Å²) in [6, 6.07) is 10.8. The third-order valence-corrected chi connectivity index (χ3v) is 5.69. The summed E-state index contributed by atoms with van der Waals surface area (Å²) in [4.78, 5) is 14.7. The highest BCUT2D eigenvalue weighted by Gasteiger charge is 2.21. The molecule has 0 spiro atoms. The van der Waals surface area contributed by atoms with Crippen molar-refractivity contribution >= 4 is 16.6 Å². The van der Waals surface area contributed by atoms with Gasteiger partial charge in [0, 0.05) is 41.1 Å². The smallest absolute Gasteiger partial charge is 0.272 e. The van der Waals surface area contributed by atoms with Crippen LogP contribution in [0.3, 0.4) is 0 Å². The number of aryl methyl sites for hydroxylation is 1. The molecule has 1 saturated heterocycles. The minimum atomic E-state index is -0.816. The van der Waals surface area contributed by atoms with Crippen LogP contribution in [0, 0.1) is 22.9 Å². The molecular formula is C24H21FN4O4. The molecule has 1 aliphatic rings. The summed E-state index contributed by atoms with van der Waals surface area (Å²) in [7, 11) is 0. The van der Waals surface area contributed by atoms with Gasteiger partial charge in [-0.3, -0.25) is 15.1 Å². The Balaban J connectivity index is 1.61. The van der Waals surface area contributed by atoms with E-state index in [1.54, 1.807) is 18.5 Å². The third kappa shape index (κ3) is 4.14. The number of nitrogens with zero attached hydrogens (tertiary/aromatic N) is 4. The second-order valence-electron chi connectivity index (χ2n) is 7.98. The maximum absolute atomic E-state index is 14.6. The Morgan fingerprint density at radius 1 is 1.15 bits per heavy atom. The number of halogens is 1. The molecule has 5 rings (SSSR count). The highest BCUT2D eigenvalue weighted by molar-refractivity contribution is 5.88. The molecule has 0 bridgehead atoms. The molecule has 3 heterocycles. The van der Waals surface area contributed by atoms with E-state index in [0.717, 1.165) is 47.5 Å². The van der Waals surface area contributed by atoms with E-state index in [4.69, 9.17) is 9.47 Å². The predicted molar refractivity (Wildman–Crippen MR) is 120 cm³/mol. The average molecular weight is 448 g/mol. The van der Waals surface area contributed by atoms with Crippen LogP contribution in [-0.4, -0.2) is 26.3 Å². The molecule has 8 nitrogen and oxygen atoms in total. The summed E-state index contributed by atoms with van der Waals surface area (Å²) in [6.45, 7) is 2.59. The molecule has 2 aromatic heterocycles. The summed E-state index contributed by atoms with van der Waals surface area (Å²) >= 11 is 0. The Labute approximate surface area is 188 Å². The summed E-state index contributed by atoms with van der Waals surface area (Å²) < 4.78 is 28.3. The molecule has 9 heteroatoms. The van der Waals surface area contributed by atoms with E-state index in [2.05, 4.69) is 10.1 Å². The Morgan fingerprint density at radius 2 is 2.03 bits per heavy atom. The number of nitro groups is 1. The molecule has 1 fully saturated rings. The van der Waals surface area contributed by atoms with E-state index in [-0.39, 0.29) is 17.7 Å². The van der Waals surface area contributed by atoms with Crippen molar-refractivity contribution in [3.05, 3.63) is 76.5 Å². The lowest BCUT2D eigenvalue weighted by Gasteiger charge is -2.23. The lowest BCUT2D eigenvalue weighted by Crippen LogP contribution is -2.18. The van der Waals surface area contributed by atoms with Gasteiger partial charge in [-0.1, -0.05) is 6.07 Å². The van der Waals surface area contributed by atoms with Crippen LogP contribution >= 0.6 is 0 Å². The van der Waals surface area contributed by atoms with Crippen LogP contribution in [0.25, 0.3) is 22.0 Å². The summed E-state index contributed by atoms with van der Waals surface area (Å²) in [5.41, 5.74) is 2.88. The van der Waals surface area contributed by atoms with Gasteiger partial charge in [0.1, 0.15) is 5.75 Å². The second-order valence-corrected chi connectivity index (χ2v) is 7.98. The first-order chi connectivity index (χ1) is 16.0. The second kappa shape index (κ2) is 8.59. The molecular weight excluding hydrogens is 427 g/mol. The number of hydrogen-bond acceptors (Lipinski definition) is 6. The zero-order valence-corrected chi connectivity index (χ0v) is 17.9. The first-order valence-electron chi connectivity index (χ1n) is 10.7. The van der Waals surface area contributed by atoms with E-state index in [1.165, 1.54) is 12.1 Å². The first kappa shape index (κ1) is 21.0. The van der Waals surface area contributed by atoms with Crippen molar-refractivity contribution in [2.45, 2.75) is 32.4 Å². The predicted octanol–water partition coefficient (Wildman–Crippen LogP) is 5.95. The number of non-ortho nitro benzene ring substituents is 1. The lowest BCUT2D eigenvalue weighted by molar-refractivity contribution is -0.385. The Hall–Kier alpha value is -3.85. The Morgan fingerprint density at radius 3 is 2.73 bits per heavy atom. The van der Waals surface area contributed by atoms with Gasteiger partial charge in [-0.2, -0.15) is 5.10 Å². The van der Waals surface area contributed by atoms with Gasteiger partial charge in [0.05, 0.1) is 22.7 Å². The fraction of sp³-hybridized carbons (Fsp3) is 0.250. The fourth-order valence-electron chi connectivity index (χ4n) is 3.96. The molecule has 4 aromatic rings. The molecule has 1 aliphatic heterocycles. The van der Waals surface area contributed by atoms with Crippen molar-refractivity contribution in [2.24, 2.45) is 0 Å². The standard InChI is InChI=1S/C24H21FN4O4/c1-15-5-6-16(13-26-15)19-12-21-17(14-27-28(21)24-4-2-3-9-32-24)10-23(19)33-22-8-7-18(29(30)31)11-20(22)25/h5-8,10-14,24H,2-4,9H2,1H3. The van der Waals surface area contributed by atoms with Crippen LogP contribution in [0.4, 0.5) is 10.1 Å². The zero-order chi connectivity index (χ0) is 22.9. The molecule has 1 unspecified atom stereocenters. The van der Waals surface area contributed by atoms with Gasteiger partial charge in [-0.15, -0.1) is 0 Å². The zero-order valence-electron chi connectivity index (χ0n) is 17.9. The number of aromatic nitrogens is 3. The van der Waals surface area contributed by atoms with Gasteiger partial charge in [-0.05, 0) is 50.5 Å². The minimum Gasteiger partial charge on any atom is -0.454 e. The monoisotopic (exact) mass is 448 g/mol. The molecule has 0 aliphatic carbocycles. The van der Waals surface area contributed by atoms with E-state index < -0.39 is 10.7 Å². The number of ether oxygens (including phenoxy) is 2. The molecule has 1 atom stereocenters. The Kier molecular flexibility index (Phi) is 5.47. The topological polar surface area (TPSA) is 92.3 Å². The van der Waals surface area contributed by atoms with Crippen molar-refractivity contribution in [3.8, 4) is 22.6 Å². The molecule has 168 valence electrons. The van der Waals surface area contributed by atoms with E-state index in [1.807, 2.05) is 29.8 Å². The van der Waals surface area contributed by atoms with Gasteiger partial charge in [0.2, 0.25) is 0 Å². The summed E-state index contributed by atoms with van der Waals surface area (Å²) in [6.07, 6.45) is 6.30. The molecule has 0 N–H and O–H groups in total. The quantitative estimate of drug-likeness (QED) is 0.277. The molecule has 0 radical (unpaired) electrons. The number of hydrogen-bond donors (Lipinski definition) is 0. The number of rotatable bonds is 5. The van der Waals surface area contributed by atoms with Gasteiger partial charge in [0.15, 0.2) is 17.8 Å². The Bertz CT molecular complexity index is 1330. The SMILES string of the molecule is Cc1ccc(-c2cc3c(cnn3C3CCCCO3)cc2Oc2ccc([N+](=O)[O-])cc2F)cn1. The molecule has 0 amide bonds. The number of benzene rings is 2. The summed E-state index contributed by atoms with van der Waals surface area (Å²) in [5.74, 6) is -0.530. The maximum Gasteiger partial charge on any atom is 0.272 e. The number of pyridine rings is 1. The maximum atomic E-state index is 14.6. The van der Waals surface area contributed by atoms with Gasteiger partial charge < -0.3 is 9.47 Å². The van der Waals surface area contributed by atoms with E-state index in [9.17, 15) is 14.5 Å². The molecule has 2 aromatic carbocycles. The summed E-state index contributed by atoms with van der Waals surface area (Å²) in [5, 5.41) is 16.3. The van der Waals surface area contributed by atoms with Crippen LogP contribution in [0.5, 0.6) is 11.5 Å². The van der Waals surface area contributed by atoms with Gasteiger partial charge in [0.25, 0.3) is 5.69 Å². The fourth-order valence-corrected chi connectivity index (χ4v) is 3.96. The van der Waals surface area contributed by atoms with Gasteiger partial charge >= 0.3 is 0 Å². The average Bonchev–Trinajstić information content (AvgIpc) is 3.24. The van der Waals surface area contributed by atoms with Crippen LogP contribution < -0.4 is 4.74 Å². The largest absolute Gasteiger partial charge is 0.454 e. The number of nitro benzene ring substituents is 1. The lowest BCUT2D eigenvalue weighted by atomic mass is 10.0. The van der Waals surface area contributed by atoms with Crippen LogP contribution in [-0.2, 0) is 4.74 Å². The van der Waals surface area contributed by atoms with Crippen molar-refractivity contribution in [3.63, 3.8) is 0 Å². The molecule has 33 heavy (non-hydrogen) atoms. The highest BCUT2D eigenvalue weighted by Crippen LogP contribution is 2.39. The van der Waals surface area contributed by atoms with Crippen molar-refractivity contribution in [1.82, 2.24) is 14.8 Å². The van der Waals surface area contributed by atoms with E-state index >= 15 is 0 Å². The highest BCUT2D eigenvalue weighted by atomic mass is 19.1. The third-order valence-electron chi connectivity index (χ3n) is 5.69. The van der Waals surface area contributed by atoms with Crippen LogP contribution in [0.1, 0.15) is 31.2 Å². The van der Waals surface area contributed by atoms with E-state index in [0.29, 0.717) is 17.9 Å². The van der Waals surface area contributed by atoms with Crippen molar-refractivity contribution < 1.29 is 18.8 Å². The minimum absolute atomic E-state index is 0.107. The first-order valence-corrected chi connectivity index (χ1v) is 10.7. The van der Waals surface area contributed by atoms with Crippen LogP contribution in [0.15, 0.2) is 54.9 Å². The van der Waals surface area contributed by atoms with Crippen LogP contribution in [0.2, 0.25) is 0 Å². The molecule has 0 saturated carbocycles. The number of fused-ring (bicyclic) bond motifs is 1. The normalized spacial score (nSPS) is 16.1.